The molecule has 9 heteroatoms. The Morgan fingerprint density at radius 3 is 1.09 bits per heavy atom. The summed E-state index contributed by atoms with van der Waals surface area (Å²) < 4.78 is 0. The molecular formula is C25H58N6O3. The van der Waals surface area contributed by atoms with Crippen molar-refractivity contribution < 1.29 is 15.1 Å². The summed E-state index contributed by atoms with van der Waals surface area (Å²) in [4.78, 5) is 9.11. The van der Waals surface area contributed by atoms with Crippen LogP contribution in [0.3, 0.4) is 0 Å². The Labute approximate surface area is 209 Å². The Balaban J connectivity index is 2.99. The fourth-order valence-corrected chi connectivity index (χ4v) is 4.20. The molecule has 0 rings (SSSR count). The second kappa shape index (κ2) is 32.6. The molecule has 0 heterocycles. The molecule has 0 unspecified atom stereocenters. The monoisotopic (exact) mass is 490 g/mol. The largest absolute Gasteiger partial charge is 0.300 e. The lowest BCUT2D eigenvalue weighted by molar-refractivity contribution is -0.207. The zero-order valence-electron chi connectivity index (χ0n) is 22.2. The first-order valence-corrected chi connectivity index (χ1v) is 14.4. The maximum atomic E-state index is 8.15. The first-order valence-electron chi connectivity index (χ1n) is 14.4. The van der Waals surface area contributed by atoms with Gasteiger partial charge in [-0.2, -0.15) is 9.88 Å². The molecule has 0 spiro atoms. The molecule has 0 aromatic rings. The quantitative estimate of drug-likeness (QED) is 0.0442. The molecule has 0 aliphatic heterocycles. The van der Waals surface area contributed by atoms with Crippen molar-refractivity contribution in [3.63, 3.8) is 0 Å². The lowest BCUT2D eigenvalue weighted by Crippen LogP contribution is -2.46. The Kier molecular flexibility index (Phi) is 32.3. The van der Waals surface area contributed by atoms with Gasteiger partial charge in [0.25, 0.3) is 0 Å². The van der Waals surface area contributed by atoms with Crippen LogP contribution in [0.1, 0.15) is 155 Å². The highest BCUT2D eigenvalue weighted by atomic mass is 16.9. The summed E-state index contributed by atoms with van der Waals surface area (Å²) in [6, 6.07) is 0. The van der Waals surface area contributed by atoms with E-state index in [4.69, 9.17) is 10.1 Å². The summed E-state index contributed by atoms with van der Waals surface area (Å²) in [6.45, 7) is 3.12. The zero-order chi connectivity index (χ0) is 24.6. The molecular weight excluding hydrogens is 432 g/mol. The van der Waals surface area contributed by atoms with Crippen LogP contribution in [0, 0.1) is 0 Å². The molecule has 206 valence electrons. The summed E-state index contributed by atoms with van der Waals surface area (Å²) in [6.07, 6.45) is 32.3. The van der Waals surface area contributed by atoms with Crippen LogP contribution >= 0.6 is 0 Å². The highest BCUT2D eigenvalue weighted by Gasteiger charge is 1.96. The molecule has 0 bridgehead atoms. The van der Waals surface area contributed by atoms with Gasteiger partial charge in [0.1, 0.15) is 0 Å². The van der Waals surface area contributed by atoms with Crippen LogP contribution in [-0.2, 0) is 9.88 Å². The van der Waals surface area contributed by atoms with Crippen LogP contribution in [-0.4, -0.2) is 11.8 Å². The van der Waals surface area contributed by atoms with Crippen LogP contribution in [0.5, 0.6) is 0 Å². The van der Waals surface area contributed by atoms with Gasteiger partial charge in [-0.05, 0) is 6.42 Å². The van der Waals surface area contributed by atoms with Gasteiger partial charge in [0.15, 0.2) is 0 Å². The van der Waals surface area contributed by atoms with Gasteiger partial charge in [-0.3, -0.25) is 5.21 Å². The fourth-order valence-electron chi connectivity index (χ4n) is 4.20. The number of rotatable bonds is 31. The van der Waals surface area contributed by atoms with Crippen molar-refractivity contribution in [1.82, 2.24) is 33.4 Å². The van der Waals surface area contributed by atoms with Gasteiger partial charge in [-0.25, -0.2) is 5.43 Å². The predicted molar refractivity (Wildman–Crippen MR) is 140 cm³/mol. The molecule has 0 aromatic carbocycles. The van der Waals surface area contributed by atoms with Crippen LogP contribution in [0.2, 0.25) is 0 Å². The molecule has 0 aromatic heterocycles. The third-order valence-electron chi connectivity index (χ3n) is 6.27. The van der Waals surface area contributed by atoms with Crippen molar-refractivity contribution in [2.24, 2.45) is 0 Å². The second-order valence-corrected chi connectivity index (χ2v) is 9.43. The third-order valence-corrected chi connectivity index (χ3v) is 6.27. The Morgan fingerprint density at radius 2 is 0.735 bits per heavy atom. The second-order valence-electron chi connectivity index (χ2n) is 9.43. The van der Waals surface area contributed by atoms with E-state index in [0.717, 1.165) is 13.0 Å². The van der Waals surface area contributed by atoms with Crippen LogP contribution in [0.4, 0.5) is 0 Å². The fraction of sp³-hybridized carbons (Fsp3) is 1.00. The number of hydrogen-bond acceptors (Lipinski definition) is 9. The molecule has 34 heavy (non-hydrogen) atoms. The minimum Gasteiger partial charge on any atom is -0.300 e. The van der Waals surface area contributed by atoms with Gasteiger partial charge >= 0.3 is 0 Å². The zero-order valence-corrected chi connectivity index (χ0v) is 22.2. The maximum absolute atomic E-state index is 8.15. The van der Waals surface area contributed by atoms with E-state index < -0.39 is 0 Å². The smallest absolute Gasteiger partial charge is 0.0122 e. The van der Waals surface area contributed by atoms with E-state index in [1.165, 1.54) is 141 Å². The molecule has 9 nitrogen and oxygen atoms in total. The number of hydrazine groups is 3. The van der Waals surface area contributed by atoms with E-state index in [2.05, 4.69) is 34.1 Å². The van der Waals surface area contributed by atoms with Gasteiger partial charge in [0.05, 0.1) is 0 Å². The first kappa shape index (κ1) is 33.6. The standard InChI is InChI=1S/C25H58N6O3/c1-2-3-4-5-6-7-8-9-10-11-12-13-14-15-16-17-18-19-20-21-22-23-24-25-26-28-33-30-31-34-29-27-32/h26-32H,2-25H2,1H3. The number of nitrogens with one attached hydrogen (secondary N) is 6. The lowest BCUT2D eigenvalue weighted by atomic mass is 10.0. The molecule has 0 radical (unpaired) electrons. The molecule has 0 saturated heterocycles. The normalized spacial score (nSPS) is 11.5. The molecule has 7 N–H and O–H groups in total. The van der Waals surface area contributed by atoms with Crippen molar-refractivity contribution in [2.75, 3.05) is 6.54 Å². The summed E-state index contributed by atoms with van der Waals surface area (Å²) >= 11 is 0. The number of hydrogen-bond donors (Lipinski definition) is 7. The van der Waals surface area contributed by atoms with Crippen molar-refractivity contribution >= 4 is 0 Å². The average molecular weight is 491 g/mol. The van der Waals surface area contributed by atoms with Crippen molar-refractivity contribution in [3.05, 3.63) is 0 Å². The number of unbranched alkanes of at least 4 members (excludes halogenated alkanes) is 22. The van der Waals surface area contributed by atoms with Gasteiger partial charge in [0, 0.05) is 6.54 Å². The Bertz CT molecular complexity index is 325. The van der Waals surface area contributed by atoms with Crippen LogP contribution in [0.25, 0.3) is 0 Å². The first-order chi connectivity index (χ1) is 16.9. The summed E-state index contributed by atoms with van der Waals surface area (Å²) in [5, 5.41) is 8.15. The van der Waals surface area contributed by atoms with Gasteiger partial charge in [-0.15, -0.1) is 11.2 Å². The molecule has 0 saturated carbocycles. The highest BCUT2D eigenvalue weighted by molar-refractivity contribution is 4.51. The predicted octanol–water partition coefficient (Wildman–Crippen LogP) is 6.34. The molecule has 0 aliphatic rings. The van der Waals surface area contributed by atoms with Gasteiger partial charge < -0.3 is 0 Å². The lowest BCUT2D eigenvalue weighted by Gasteiger charge is -2.08. The molecule has 0 atom stereocenters. The SMILES string of the molecule is CCCCCCCCCCCCCCCCCCCCCCCCCNNONNONNO. The Hall–Kier alpha value is -0.360. The van der Waals surface area contributed by atoms with E-state index in [1.54, 1.807) is 5.59 Å². The highest BCUT2D eigenvalue weighted by Crippen LogP contribution is 2.15. The minimum atomic E-state index is 0.832. The van der Waals surface area contributed by atoms with E-state index in [-0.39, 0.29) is 0 Å². The van der Waals surface area contributed by atoms with Crippen LogP contribution in [0.15, 0.2) is 0 Å². The summed E-state index contributed by atoms with van der Waals surface area (Å²) in [5.74, 6) is 0. The molecule has 0 aliphatic carbocycles. The van der Waals surface area contributed by atoms with E-state index >= 15 is 0 Å². The van der Waals surface area contributed by atoms with Crippen molar-refractivity contribution in [1.29, 1.82) is 0 Å². The van der Waals surface area contributed by atoms with Gasteiger partial charge in [-0.1, -0.05) is 165 Å². The van der Waals surface area contributed by atoms with E-state index in [0.29, 0.717) is 0 Å². The summed E-state index contributed by atoms with van der Waals surface area (Å²) in [5.41, 5.74) is 13.3. The summed E-state index contributed by atoms with van der Waals surface area (Å²) in [7, 11) is 0. The van der Waals surface area contributed by atoms with E-state index in [1.807, 2.05) is 5.59 Å². The van der Waals surface area contributed by atoms with Crippen LogP contribution < -0.4 is 33.4 Å². The Morgan fingerprint density at radius 1 is 0.412 bits per heavy atom. The average Bonchev–Trinajstić information content (AvgIpc) is 2.85. The molecule has 0 amide bonds. The van der Waals surface area contributed by atoms with Crippen molar-refractivity contribution in [3.8, 4) is 0 Å². The minimum absolute atomic E-state index is 0.832. The third kappa shape index (κ3) is 31.6. The van der Waals surface area contributed by atoms with Gasteiger partial charge in [0.2, 0.25) is 0 Å². The van der Waals surface area contributed by atoms with E-state index in [9.17, 15) is 0 Å². The topological polar surface area (TPSA) is 111 Å². The van der Waals surface area contributed by atoms with Crippen molar-refractivity contribution in [2.45, 2.75) is 155 Å². The molecule has 0 fully saturated rings. The maximum Gasteiger partial charge on any atom is 0.0122 e.